The van der Waals surface area contributed by atoms with Gasteiger partial charge in [0.05, 0.1) is 0 Å². The van der Waals surface area contributed by atoms with Crippen LogP contribution < -0.4 is 10.0 Å². The van der Waals surface area contributed by atoms with E-state index in [2.05, 4.69) is 0 Å². The van der Waals surface area contributed by atoms with E-state index in [1.165, 1.54) is 0 Å². The van der Waals surface area contributed by atoms with Gasteiger partial charge in [0.1, 0.15) is 0 Å². The van der Waals surface area contributed by atoms with E-state index >= 15 is 0 Å². The van der Waals surface area contributed by atoms with E-state index in [1.807, 2.05) is 0 Å². The van der Waals surface area contributed by atoms with Crippen LogP contribution in [0.4, 0.5) is 17.3 Å². The van der Waals surface area contributed by atoms with E-state index in [4.69, 9.17) is 10.0 Å². The van der Waals surface area contributed by atoms with Gasteiger partial charge in [-0.3, -0.25) is 0 Å². The van der Waals surface area contributed by atoms with Gasteiger partial charge in [-0.2, -0.15) is 0 Å². The first-order valence-corrected chi connectivity index (χ1v) is 1.34. The van der Waals surface area contributed by atoms with E-state index in [9.17, 15) is 17.3 Å². The molecule has 0 aromatic carbocycles. The van der Waals surface area contributed by atoms with Crippen LogP contribution in [0.5, 0.6) is 0 Å². The third-order valence-electron chi connectivity index (χ3n) is 0. The Morgan fingerprint density at radius 1 is 0.778 bits per heavy atom. The van der Waals surface area contributed by atoms with Crippen molar-refractivity contribution in [3.8, 4) is 0 Å². The SMILES string of the molecule is [O-]B(F)F.[O-]B(F)F.[Sr+2]. The van der Waals surface area contributed by atoms with E-state index < -0.39 is 14.9 Å². The summed E-state index contributed by atoms with van der Waals surface area (Å²) in [4.78, 5) is 0. The van der Waals surface area contributed by atoms with Crippen molar-refractivity contribution in [2.75, 3.05) is 0 Å². The summed E-state index contributed by atoms with van der Waals surface area (Å²) < 4.78 is 39.1. The molecule has 2 nitrogen and oxygen atoms in total. The Hall–Kier alpha value is 1.25. The van der Waals surface area contributed by atoms with Gasteiger partial charge in [-0.15, -0.1) is 0 Å². The van der Waals surface area contributed by atoms with Crippen molar-refractivity contribution in [1.29, 1.82) is 0 Å². The van der Waals surface area contributed by atoms with E-state index in [-0.39, 0.29) is 45.5 Å². The Morgan fingerprint density at radius 2 is 0.778 bits per heavy atom. The molecule has 0 unspecified atom stereocenters. The standard InChI is InChI=1S/2BF2O.Sr/c2*2-1(3)4;/q2*-1;+2. The van der Waals surface area contributed by atoms with E-state index in [0.29, 0.717) is 0 Å². The molecule has 0 aromatic heterocycles. The van der Waals surface area contributed by atoms with Gasteiger partial charge < -0.3 is 27.3 Å². The summed E-state index contributed by atoms with van der Waals surface area (Å²) in [5, 5.41) is 16.4. The average molecular weight is 217 g/mol. The second kappa shape index (κ2) is 12.0. The Balaban J connectivity index is -0.0000000720. The second-order valence-corrected chi connectivity index (χ2v) is 0.521. The summed E-state index contributed by atoms with van der Waals surface area (Å²) in [6, 6.07) is 0. The molecule has 9 heteroatoms. The normalized spacial score (nSPS) is 6.00. The molecule has 0 aliphatic heterocycles. The van der Waals surface area contributed by atoms with Crippen molar-refractivity contribution in [2.45, 2.75) is 0 Å². The smallest absolute Gasteiger partial charge is 0.824 e. The average Bonchev–Trinajstić information content (AvgIpc) is 1.25. The fourth-order valence-corrected chi connectivity index (χ4v) is 0. The van der Waals surface area contributed by atoms with E-state index in [0.717, 1.165) is 0 Å². The molecule has 0 bridgehead atoms. The number of hydrogen-bond acceptors (Lipinski definition) is 2. The Morgan fingerprint density at radius 3 is 0.778 bits per heavy atom. The first kappa shape index (κ1) is 16.7. The molecule has 0 saturated carbocycles. The Kier molecular flexibility index (Phi) is 22.2. The summed E-state index contributed by atoms with van der Waals surface area (Å²) in [5.41, 5.74) is 0. The van der Waals surface area contributed by atoms with Gasteiger partial charge in [0.15, 0.2) is 0 Å². The van der Waals surface area contributed by atoms with Gasteiger partial charge in [-0.25, -0.2) is 0 Å². The molecule has 0 aliphatic rings. The molecular formula is B2F4O2Sr. The number of rotatable bonds is 0. The predicted molar refractivity (Wildman–Crippen MR) is 21.7 cm³/mol. The topological polar surface area (TPSA) is 46.1 Å². The summed E-state index contributed by atoms with van der Waals surface area (Å²) >= 11 is 0. The summed E-state index contributed by atoms with van der Waals surface area (Å²) in [5.74, 6) is 0. The minimum absolute atomic E-state index is 0. The molecule has 0 heterocycles. The zero-order valence-electron chi connectivity index (χ0n) is 4.19. The van der Waals surface area contributed by atoms with Crippen molar-refractivity contribution in [3.05, 3.63) is 0 Å². The summed E-state index contributed by atoms with van der Waals surface area (Å²) in [6.45, 7) is 0. The molecule has 0 amide bonds. The largest absolute Gasteiger partial charge is 2.00 e. The molecule has 0 aromatic rings. The molecule has 0 atom stereocenters. The van der Waals surface area contributed by atoms with Gasteiger partial charge in [-0.05, 0) is 0 Å². The van der Waals surface area contributed by atoms with Gasteiger partial charge in [0, 0.05) is 0 Å². The van der Waals surface area contributed by atoms with Crippen LogP contribution in [0.1, 0.15) is 0 Å². The maximum Gasteiger partial charge on any atom is 2.00 e. The summed E-state index contributed by atoms with van der Waals surface area (Å²) in [7, 11) is -6.83. The molecule has 0 N–H and O–H groups in total. The van der Waals surface area contributed by atoms with Gasteiger partial charge in [0.2, 0.25) is 0 Å². The van der Waals surface area contributed by atoms with Crippen LogP contribution in [0.3, 0.4) is 0 Å². The van der Waals surface area contributed by atoms with Crippen molar-refractivity contribution < 1.29 is 27.3 Å². The third kappa shape index (κ3) is 311. The molecule has 0 radical (unpaired) electrons. The van der Waals surface area contributed by atoms with Crippen LogP contribution in [0, 0.1) is 0 Å². The zero-order valence-corrected chi connectivity index (χ0v) is 7.67. The van der Waals surface area contributed by atoms with Crippen LogP contribution in [0.15, 0.2) is 0 Å². The molecule has 0 rings (SSSR count). The van der Waals surface area contributed by atoms with E-state index in [1.54, 1.807) is 0 Å². The van der Waals surface area contributed by atoms with Crippen LogP contribution in [0.2, 0.25) is 0 Å². The predicted octanol–water partition coefficient (Wildman–Crippen LogP) is -1.84. The minimum atomic E-state index is -3.42. The van der Waals surface area contributed by atoms with Crippen molar-refractivity contribution in [1.82, 2.24) is 0 Å². The molecule has 0 saturated heterocycles. The monoisotopic (exact) mass is 218 g/mol. The number of halogens is 4. The minimum Gasteiger partial charge on any atom is -0.824 e. The Bertz CT molecular complexity index is 32.0. The fraction of sp³-hybridized carbons (Fsp3) is 0. The van der Waals surface area contributed by atoms with Crippen molar-refractivity contribution >= 4 is 60.4 Å². The van der Waals surface area contributed by atoms with Crippen LogP contribution in [0.25, 0.3) is 0 Å². The van der Waals surface area contributed by atoms with Gasteiger partial charge >= 0.3 is 60.4 Å². The van der Waals surface area contributed by atoms with Crippen LogP contribution in [-0.2, 0) is 0 Å². The molecule has 48 valence electrons. The first-order valence-electron chi connectivity index (χ1n) is 1.34. The fourth-order valence-electron chi connectivity index (χ4n) is 0. The molecule has 0 fully saturated rings. The quantitative estimate of drug-likeness (QED) is 0.353. The number of hydrogen-bond donors (Lipinski definition) is 0. The molecule has 9 heavy (non-hydrogen) atoms. The van der Waals surface area contributed by atoms with Crippen molar-refractivity contribution in [2.24, 2.45) is 0 Å². The van der Waals surface area contributed by atoms with Crippen molar-refractivity contribution in [3.63, 3.8) is 0 Å². The molecule has 0 aliphatic carbocycles. The Labute approximate surface area is 86.9 Å². The van der Waals surface area contributed by atoms with Gasteiger partial charge in [0.25, 0.3) is 0 Å². The van der Waals surface area contributed by atoms with Crippen LogP contribution in [-0.4, -0.2) is 60.4 Å². The van der Waals surface area contributed by atoms with Gasteiger partial charge in [-0.1, -0.05) is 0 Å². The molecule has 0 spiro atoms. The third-order valence-corrected chi connectivity index (χ3v) is 0. The maximum atomic E-state index is 9.78. The first-order chi connectivity index (χ1) is 3.46. The summed E-state index contributed by atoms with van der Waals surface area (Å²) in [6.07, 6.45) is 0. The zero-order chi connectivity index (χ0) is 7.15. The van der Waals surface area contributed by atoms with Crippen LogP contribution >= 0.6 is 0 Å². The maximum absolute atomic E-state index is 9.78. The molecular weight excluding hydrogens is 217 g/mol. The second-order valence-electron chi connectivity index (χ2n) is 0.521.